The maximum Gasteiger partial charge on any atom is 0.0395 e. The second-order valence-corrected chi connectivity index (χ2v) is 5.71. The lowest BCUT2D eigenvalue weighted by Crippen LogP contribution is -2.32. The van der Waals surface area contributed by atoms with E-state index in [-0.39, 0.29) is 0 Å². The van der Waals surface area contributed by atoms with Gasteiger partial charge in [-0.05, 0) is 69.3 Å². The first-order chi connectivity index (χ1) is 8.66. The van der Waals surface area contributed by atoms with Crippen LogP contribution in [0, 0.1) is 19.8 Å². The molecule has 0 radical (unpaired) electrons. The second kappa shape index (κ2) is 6.24. The van der Waals surface area contributed by atoms with Crippen LogP contribution in [-0.4, -0.2) is 26.7 Å². The number of rotatable bonds is 4. The first-order valence-corrected chi connectivity index (χ1v) is 7.16. The lowest BCUT2D eigenvalue weighted by Gasteiger charge is -2.27. The highest BCUT2D eigenvalue weighted by molar-refractivity contribution is 5.54. The third-order valence-electron chi connectivity index (χ3n) is 4.05. The van der Waals surface area contributed by atoms with Crippen LogP contribution in [0.4, 0.5) is 5.69 Å². The third-order valence-corrected chi connectivity index (χ3v) is 4.05. The van der Waals surface area contributed by atoms with Crippen molar-refractivity contribution in [2.24, 2.45) is 5.92 Å². The van der Waals surface area contributed by atoms with Crippen molar-refractivity contribution in [1.29, 1.82) is 0 Å². The number of aryl methyl sites for hydroxylation is 2. The molecule has 0 spiro atoms. The van der Waals surface area contributed by atoms with Gasteiger partial charge in [-0.1, -0.05) is 12.1 Å². The number of hydrogen-bond acceptors (Lipinski definition) is 2. The van der Waals surface area contributed by atoms with E-state index in [1.165, 1.54) is 49.2 Å². The first-order valence-electron chi connectivity index (χ1n) is 7.16. The second-order valence-electron chi connectivity index (χ2n) is 5.71. The van der Waals surface area contributed by atoms with Crippen LogP contribution in [0.15, 0.2) is 18.2 Å². The Labute approximate surface area is 111 Å². The molecule has 1 heterocycles. The molecule has 2 rings (SSSR count). The Bertz CT molecular complexity index is 381. The molecule has 0 aliphatic carbocycles. The lowest BCUT2D eigenvalue weighted by atomic mass is 9.96. The quantitative estimate of drug-likeness (QED) is 0.878. The zero-order valence-electron chi connectivity index (χ0n) is 12.0. The zero-order valence-corrected chi connectivity index (χ0v) is 12.0. The summed E-state index contributed by atoms with van der Waals surface area (Å²) in [5.41, 5.74) is 4.12. The fraction of sp³-hybridized carbons (Fsp3) is 0.625. The Hall–Kier alpha value is -1.02. The van der Waals surface area contributed by atoms with E-state index in [0.29, 0.717) is 0 Å². The summed E-state index contributed by atoms with van der Waals surface area (Å²) in [7, 11) is 2.22. The van der Waals surface area contributed by atoms with E-state index in [1.54, 1.807) is 0 Å². The Balaban J connectivity index is 1.90. The number of nitrogens with one attached hydrogen (secondary N) is 1. The van der Waals surface area contributed by atoms with Gasteiger partial charge in [0.05, 0.1) is 0 Å². The Morgan fingerprint density at radius 1 is 1.33 bits per heavy atom. The molecule has 1 aromatic rings. The summed E-state index contributed by atoms with van der Waals surface area (Å²) in [5.74, 6) is 0.867. The highest BCUT2D eigenvalue weighted by atomic mass is 15.1. The molecule has 1 aliphatic heterocycles. The molecule has 2 heteroatoms. The monoisotopic (exact) mass is 246 g/mol. The van der Waals surface area contributed by atoms with E-state index in [2.05, 4.69) is 49.3 Å². The maximum atomic E-state index is 3.50. The van der Waals surface area contributed by atoms with Crippen LogP contribution >= 0.6 is 0 Å². The van der Waals surface area contributed by atoms with E-state index in [9.17, 15) is 0 Å². The first kappa shape index (κ1) is 13.4. The van der Waals surface area contributed by atoms with Gasteiger partial charge in [0.15, 0.2) is 0 Å². The average Bonchev–Trinajstić information content (AvgIpc) is 2.40. The molecule has 1 N–H and O–H groups in total. The van der Waals surface area contributed by atoms with Gasteiger partial charge < -0.3 is 10.2 Å². The SMILES string of the molecule is Cc1ccc(C)c(N(C)CCC2CCCNC2)c1. The molecule has 2 nitrogen and oxygen atoms in total. The standard InChI is InChI=1S/C16H26N2/c1-13-6-7-14(2)16(11-13)18(3)10-8-15-5-4-9-17-12-15/h6-7,11,15,17H,4-5,8-10,12H2,1-3H3. The molecule has 1 aromatic carbocycles. The largest absolute Gasteiger partial charge is 0.374 e. The van der Waals surface area contributed by atoms with Crippen molar-refractivity contribution < 1.29 is 0 Å². The highest BCUT2D eigenvalue weighted by Gasteiger charge is 2.14. The van der Waals surface area contributed by atoms with Crippen molar-refractivity contribution in [2.75, 3.05) is 31.6 Å². The summed E-state index contributed by atoms with van der Waals surface area (Å²) in [6.07, 6.45) is 4.04. The van der Waals surface area contributed by atoms with Gasteiger partial charge in [-0.3, -0.25) is 0 Å². The molecular weight excluding hydrogens is 220 g/mol. The molecular formula is C16H26N2. The third kappa shape index (κ3) is 3.49. The minimum atomic E-state index is 0.867. The number of nitrogens with zero attached hydrogens (tertiary/aromatic N) is 1. The van der Waals surface area contributed by atoms with Gasteiger partial charge in [-0.15, -0.1) is 0 Å². The minimum Gasteiger partial charge on any atom is -0.374 e. The molecule has 1 unspecified atom stereocenters. The maximum absolute atomic E-state index is 3.50. The van der Waals surface area contributed by atoms with Crippen LogP contribution < -0.4 is 10.2 Å². The summed E-state index contributed by atoms with van der Waals surface area (Å²) in [4.78, 5) is 2.41. The van der Waals surface area contributed by atoms with E-state index in [0.717, 1.165) is 12.5 Å². The van der Waals surface area contributed by atoms with Gasteiger partial charge >= 0.3 is 0 Å². The summed E-state index contributed by atoms with van der Waals surface area (Å²) in [6.45, 7) is 7.95. The number of hydrogen-bond donors (Lipinski definition) is 1. The van der Waals surface area contributed by atoms with Crippen molar-refractivity contribution in [3.63, 3.8) is 0 Å². The van der Waals surface area contributed by atoms with Crippen LogP contribution in [0.25, 0.3) is 0 Å². The van der Waals surface area contributed by atoms with Crippen LogP contribution in [0.5, 0.6) is 0 Å². The van der Waals surface area contributed by atoms with Gasteiger partial charge in [-0.25, -0.2) is 0 Å². The Morgan fingerprint density at radius 2 is 2.17 bits per heavy atom. The van der Waals surface area contributed by atoms with Gasteiger partial charge in [0, 0.05) is 19.3 Å². The fourth-order valence-corrected chi connectivity index (χ4v) is 2.80. The number of anilines is 1. The highest BCUT2D eigenvalue weighted by Crippen LogP contribution is 2.22. The van der Waals surface area contributed by atoms with E-state index in [4.69, 9.17) is 0 Å². The zero-order chi connectivity index (χ0) is 13.0. The van der Waals surface area contributed by atoms with Crippen molar-refractivity contribution in [3.05, 3.63) is 29.3 Å². The molecule has 1 atom stereocenters. The van der Waals surface area contributed by atoms with Gasteiger partial charge in [0.25, 0.3) is 0 Å². The summed E-state index contributed by atoms with van der Waals surface area (Å²) in [5, 5.41) is 3.50. The van der Waals surface area contributed by atoms with Crippen molar-refractivity contribution in [3.8, 4) is 0 Å². The summed E-state index contributed by atoms with van der Waals surface area (Å²) < 4.78 is 0. The molecule has 0 amide bonds. The predicted octanol–water partition coefficient (Wildman–Crippen LogP) is 3.13. The molecule has 18 heavy (non-hydrogen) atoms. The van der Waals surface area contributed by atoms with E-state index < -0.39 is 0 Å². The van der Waals surface area contributed by atoms with Gasteiger partial charge in [0.1, 0.15) is 0 Å². The number of piperidine rings is 1. The Morgan fingerprint density at radius 3 is 2.89 bits per heavy atom. The number of benzene rings is 1. The predicted molar refractivity (Wildman–Crippen MR) is 79.4 cm³/mol. The average molecular weight is 246 g/mol. The van der Waals surface area contributed by atoms with E-state index >= 15 is 0 Å². The molecule has 0 bridgehead atoms. The summed E-state index contributed by atoms with van der Waals surface area (Å²) >= 11 is 0. The van der Waals surface area contributed by atoms with Crippen molar-refractivity contribution >= 4 is 5.69 Å². The van der Waals surface area contributed by atoms with Crippen molar-refractivity contribution in [2.45, 2.75) is 33.1 Å². The summed E-state index contributed by atoms with van der Waals surface area (Å²) in [6, 6.07) is 6.72. The minimum absolute atomic E-state index is 0.867. The Kier molecular flexibility index (Phi) is 4.65. The van der Waals surface area contributed by atoms with Crippen LogP contribution in [0.1, 0.15) is 30.4 Å². The normalized spacial score (nSPS) is 19.8. The molecule has 1 fully saturated rings. The molecule has 100 valence electrons. The molecule has 1 aliphatic rings. The van der Waals surface area contributed by atoms with Crippen molar-refractivity contribution in [1.82, 2.24) is 5.32 Å². The molecule has 1 saturated heterocycles. The molecule has 0 saturated carbocycles. The van der Waals surface area contributed by atoms with Crippen LogP contribution in [0.2, 0.25) is 0 Å². The van der Waals surface area contributed by atoms with Crippen LogP contribution in [-0.2, 0) is 0 Å². The lowest BCUT2D eigenvalue weighted by molar-refractivity contribution is 0.360. The van der Waals surface area contributed by atoms with Gasteiger partial charge in [-0.2, -0.15) is 0 Å². The van der Waals surface area contributed by atoms with Crippen LogP contribution in [0.3, 0.4) is 0 Å². The molecule has 0 aromatic heterocycles. The van der Waals surface area contributed by atoms with Gasteiger partial charge in [0.2, 0.25) is 0 Å². The smallest absolute Gasteiger partial charge is 0.0395 e. The van der Waals surface area contributed by atoms with E-state index in [1.807, 2.05) is 0 Å². The topological polar surface area (TPSA) is 15.3 Å². The fourth-order valence-electron chi connectivity index (χ4n) is 2.80.